The smallest absolute Gasteiger partial charge is 0.246 e. The molecule has 0 heterocycles. The van der Waals surface area contributed by atoms with Crippen molar-refractivity contribution in [3.05, 3.63) is 60.2 Å². The Morgan fingerprint density at radius 2 is 1.75 bits per heavy atom. The quantitative estimate of drug-likeness (QED) is 0.893. The van der Waals surface area contributed by atoms with Crippen LogP contribution in [0.3, 0.4) is 0 Å². The molecule has 4 nitrogen and oxygen atoms in total. The summed E-state index contributed by atoms with van der Waals surface area (Å²) >= 11 is 0. The molecule has 20 heavy (non-hydrogen) atoms. The first-order valence-corrected chi connectivity index (χ1v) is 6.32. The molecule has 1 amide bonds. The average Bonchev–Trinajstić information content (AvgIpc) is 2.48. The summed E-state index contributed by atoms with van der Waals surface area (Å²) in [5, 5.41) is 14.9. The maximum atomic E-state index is 12.1. The minimum absolute atomic E-state index is 0.184. The average molecular weight is 265 g/mol. The van der Waals surface area contributed by atoms with Gasteiger partial charge in [0.15, 0.2) is 0 Å². The fourth-order valence-electron chi connectivity index (χ4n) is 1.78. The molecule has 0 aromatic heterocycles. The molecule has 1 atom stereocenters. The Labute approximate surface area is 118 Å². The van der Waals surface area contributed by atoms with Crippen LogP contribution < -0.4 is 10.6 Å². The molecule has 0 fully saturated rings. The summed E-state index contributed by atoms with van der Waals surface area (Å²) in [6.45, 7) is 1.78. The van der Waals surface area contributed by atoms with Gasteiger partial charge < -0.3 is 10.6 Å². The molecule has 0 aliphatic rings. The number of nitrogens with one attached hydrogen (secondary N) is 2. The van der Waals surface area contributed by atoms with Crippen LogP contribution in [0.25, 0.3) is 0 Å². The van der Waals surface area contributed by atoms with Crippen molar-refractivity contribution >= 4 is 17.3 Å². The number of hydrogen-bond donors (Lipinski definition) is 2. The molecule has 0 bridgehead atoms. The zero-order valence-corrected chi connectivity index (χ0v) is 11.1. The molecule has 0 aliphatic carbocycles. The van der Waals surface area contributed by atoms with E-state index in [-0.39, 0.29) is 5.91 Å². The van der Waals surface area contributed by atoms with Crippen molar-refractivity contribution in [3.63, 3.8) is 0 Å². The van der Waals surface area contributed by atoms with E-state index in [4.69, 9.17) is 5.26 Å². The first-order valence-electron chi connectivity index (χ1n) is 6.32. The number of nitrogens with zero attached hydrogens (tertiary/aromatic N) is 1. The highest BCUT2D eigenvalue weighted by Gasteiger charge is 2.14. The van der Waals surface area contributed by atoms with Gasteiger partial charge in [0.05, 0.1) is 11.3 Å². The van der Waals surface area contributed by atoms with Crippen LogP contribution in [0.15, 0.2) is 54.6 Å². The van der Waals surface area contributed by atoms with Crippen molar-refractivity contribution in [3.8, 4) is 6.07 Å². The van der Waals surface area contributed by atoms with Gasteiger partial charge in [0, 0.05) is 5.69 Å². The van der Waals surface area contributed by atoms with Gasteiger partial charge in [-0.2, -0.15) is 5.26 Å². The Balaban J connectivity index is 2.03. The highest BCUT2D eigenvalue weighted by atomic mass is 16.2. The topological polar surface area (TPSA) is 64.9 Å². The van der Waals surface area contributed by atoms with Gasteiger partial charge in [0.2, 0.25) is 5.91 Å². The number of amides is 1. The standard InChI is InChI=1S/C16H15N3O/c1-12(18-14-8-3-2-4-9-14)16(20)19-15-10-6-5-7-13(15)11-17/h2-10,12,18H,1H3,(H,19,20)/t12-/m1/s1. The van der Waals surface area contributed by atoms with E-state index in [9.17, 15) is 4.79 Å². The van der Waals surface area contributed by atoms with Crippen molar-refractivity contribution < 1.29 is 4.79 Å². The van der Waals surface area contributed by atoms with Crippen LogP contribution >= 0.6 is 0 Å². The highest BCUT2D eigenvalue weighted by molar-refractivity contribution is 5.97. The number of para-hydroxylation sites is 2. The van der Waals surface area contributed by atoms with Crippen molar-refractivity contribution in [2.24, 2.45) is 0 Å². The lowest BCUT2D eigenvalue weighted by atomic mass is 10.2. The Morgan fingerprint density at radius 1 is 1.10 bits per heavy atom. The number of carbonyl (C=O) groups is 1. The van der Waals surface area contributed by atoms with Gasteiger partial charge in [0.1, 0.15) is 12.1 Å². The minimum Gasteiger partial charge on any atom is -0.374 e. The first kappa shape index (κ1) is 13.6. The lowest BCUT2D eigenvalue weighted by Crippen LogP contribution is -2.32. The molecule has 2 N–H and O–H groups in total. The normalized spacial score (nSPS) is 11.2. The minimum atomic E-state index is -0.399. The second kappa shape index (κ2) is 6.39. The molecule has 0 saturated carbocycles. The summed E-state index contributed by atoms with van der Waals surface area (Å²) in [6, 6.07) is 18.1. The first-order chi connectivity index (χ1) is 9.70. The van der Waals surface area contributed by atoms with Crippen molar-refractivity contribution in [2.45, 2.75) is 13.0 Å². The van der Waals surface area contributed by atoms with Crippen LogP contribution in [-0.2, 0) is 4.79 Å². The number of benzene rings is 2. The molecular weight excluding hydrogens is 250 g/mol. The maximum Gasteiger partial charge on any atom is 0.246 e. The lowest BCUT2D eigenvalue weighted by Gasteiger charge is -2.15. The predicted molar refractivity (Wildman–Crippen MR) is 79.3 cm³/mol. The van der Waals surface area contributed by atoms with E-state index in [0.29, 0.717) is 11.3 Å². The zero-order chi connectivity index (χ0) is 14.4. The number of carbonyl (C=O) groups excluding carboxylic acids is 1. The molecule has 0 aliphatic heterocycles. The van der Waals surface area contributed by atoms with Crippen LogP contribution in [0.1, 0.15) is 12.5 Å². The van der Waals surface area contributed by atoms with Crippen LogP contribution in [0, 0.1) is 11.3 Å². The Kier molecular flexibility index (Phi) is 4.35. The van der Waals surface area contributed by atoms with E-state index in [2.05, 4.69) is 16.7 Å². The molecule has 0 spiro atoms. The van der Waals surface area contributed by atoms with E-state index in [1.807, 2.05) is 30.3 Å². The summed E-state index contributed by atoms with van der Waals surface area (Å²) in [5.41, 5.74) is 1.86. The van der Waals surface area contributed by atoms with Gasteiger partial charge in [0.25, 0.3) is 0 Å². The summed E-state index contributed by atoms with van der Waals surface area (Å²) in [4.78, 5) is 12.1. The Hall–Kier alpha value is -2.80. The van der Waals surface area contributed by atoms with Gasteiger partial charge >= 0.3 is 0 Å². The molecule has 2 aromatic rings. The maximum absolute atomic E-state index is 12.1. The molecule has 2 aromatic carbocycles. The summed E-state index contributed by atoms with van der Waals surface area (Å²) in [7, 11) is 0. The van der Waals surface area contributed by atoms with Gasteiger partial charge in [-0.3, -0.25) is 4.79 Å². The Bertz CT molecular complexity index is 632. The number of anilines is 2. The molecular formula is C16H15N3O. The lowest BCUT2D eigenvalue weighted by molar-refractivity contribution is -0.116. The largest absolute Gasteiger partial charge is 0.374 e. The molecule has 0 saturated heterocycles. The van der Waals surface area contributed by atoms with E-state index in [1.165, 1.54) is 0 Å². The van der Waals surface area contributed by atoms with Crippen molar-refractivity contribution in [1.29, 1.82) is 5.26 Å². The van der Waals surface area contributed by atoms with Crippen molar-refractivity contribution in [2.75, 3.05) is 10.6 Å². The van der Waals surface area contributed by atoms with Gasteiger partial charge in [-0.15, -0.1) is 0 Å². The molecule has 0 unspecified atom stereocenters. The third kappa shape index (κ3) is 3.36. The highest BCUT2D eigenvalue weighted by Crippen LogP contribution is 2.14. The van der Waals surface area contributed by atoms with E-state index >= 15 is 0 Å². The monoisotopic (exact) mass is 265 g/mol. The molecule has 100 valence electrons. The van der Waals surface area contributed by atoms with Crippen LogP contribution in [-0.4, -0.2) is 11.9 Å². The fourth-order valence-corrected chi connectivity index (χ4v) is 1.78. The zero-order valence-electron chi connectivity index (χ0n) is 11.1. The van der Waals surface area contributed by atoms with E-state index in [1.54, 1.807) is 31.2 Å². The fraction of sp³-hybridized carbons (Fsp3) is 0.125. The molecule has 0 radical (unpaired) electrons. The Morgan fingerprint density at radius 3 is 2.45 bits per heavy atom. The van der Waals surface area contributed by atoms with E-state index < -0.39 is 6.04 Å². The predicted octanol–water partition coefficient (Wildman–Crippen LogP) is 3.00. The van der Waals surface area contributed by atoms with Crippen LogP contribution in [0.4, 0.5) is 11.4 Å². The summed E-state index contributed by atoms with van der Waals surface area (Å²) in [6.07, 6.45) is 0. The summed E-state index contributed by atoms with van der Waals surface area (Å²) in [5.74, 6) is -0.184. The van der Waals surface area contributed by atoms with Crippen LogP contribution in [0.5, 0.6) is 0 Å². The SMILES string of the molecule is C[C@@H](Nc1ccccc1)C(=O)Nc1ccccc1C#N. The van der Waals surface area contributed by atoms with Gasteiger partial charge in [-0.05, 0) is 31.2 Å². The third-order valence-electron chi connectivity index (χ3n) is 2.86. The number of rotatable bonds is 4. The second-order valence-electron chi connectivity index (χ2n) is 4.38. The second-order valence-corrected chi connectivity index (χ2v) is 4.38. The number of nitriles is 1. The molecule has 2 rings (SSSR count). The van der Waals surface area contributed by atoms with Gasteiger partial charge in [-0.25, -0.2) is 0 Å². The van der Waals surface area contributed by atoms with Gasteiger partial charge in [-0.1, -0.05) is 30.3 Å². The molecule has 4 heteroatoms. The number of hydrogen-bond acceptors (Lipinski definition) is 3. The van der Waals surface area contributed by atoms with E-state index in [0.717, 1.165) is 5.69 Å². The third-order valence-corrected chi connectivity index (χ3v) is 2.86. The van der Waals surface area contributed by atoms with Crippen LogP contribution in [0.2, 0.25) is 0 Å². The summed E-state index contributed by atoms with van der Waals surface area (Å²) < 4.78 is 0. The van der Waals surface area contributed by atoms with Crippen molar-refractivity contribution in [1.82, 2.24) is 0 Å².